The zero-order valence-electron chi connectivity index (χ0n) is 13.5. The van der Waals surface area contributed by atoms with Gasteiger partial charge in [-0.25, -0.2) is 4.98 Å². The summed E-state index contributed by atoms with van der Waals surface area (Å²) < 4.78 is 0. The molecule has 128 valence electrons. The summed E-state index contributed by atoms with van der Waals surface area (Å²) >= 11 is 1.37. The van der Waals surface area contributed by atoms with Crippen LogP contribution in [0.4, 0.5) is 11.4 Å². The summed E-state index contributed by atoms with van der Waals surface area (Å²) in [6.07, 6.45) is 1.59. The van der Waals surface area contributed by atoms with Gasteiger partial charge in [0.1, 0.15) is 0 Å². The number of imidazole rings is 1. The second kappa shape index (κ2) is 6.81. The lowest BCUT2D eigenvalue weighted by atomic mass is 10.2. The largest absolute Gasteiger partial charge is 0.345 e. The number of hydrogen-bond acceptors (Lipinski definition) is 4. The molecule has 0 fully saturated rings. The highest BCUT2D eigenvalue weighted by atomic mass is 32.1. The normalized spacial score (nSPS) is 10.6. The Bertz CT molecular complexity index is 1090. The van der Waals surface area contributed by atoms with Crippen molar-refractivity contribution in [1.82, 2.24) is 9.97 Å². The predicted molar refractivity (Wildman–Crippen MR) is 103 cm³/mol. The van der Waals surface area contributed by atoms with Gasteiger partial charge in [0.2, 0.25) is 0 Å². The van der Waals surface area contributed by atoms with Crippen LogP contribution in [0.1, 0.15) is 20.0 Å². The van der Waals surface area contributed by atoms with E-state index in [-0.39, 0.29) is 11.8 Å². The van der Waals surface area contributed by atoms with E-state index in [0.29, 0.717) is 21.8 Å². The summed E-state index contributed by atoms with van der Waals surface area (Å²) in [4.78, 5) is 32.4. The first kappa shape index (κ1) is 16.0. The summed E-state index contributed by atoms with van der Waals surface area (Å²) in [7, 11) is 0. The molecule has 4 rings (SSSR count). The number of thiophene rings is 1. The second-order valence-electron chi connectivity index (χ2n) is 5.60. The molecule has 0 aliphatic carbocycles. The fraction of sp³-hybridized carbons (Fsp3) is 0. The third-order valence-corrected chi connectivity index (χ3v) is 4.67. The molecular formula is C19H14N4O2S. The van der Waals surface area contributed by atoms with Gasteiger partial charge in [0.15, 0.2) is 0 Å². The summed E-state index contributed by atoms with van der Waals surface area (Å²) in [5.74, 6) is -0.406. The van der Waals surface area contributed by atoms with Gasteiger partial charge in [-0.15, -0.1) is 11.3 Å². The van der Waals surface area contributed by atoms with E-state index < -0.39 is 0 Å². The molecule has 0 bridgehead atoms. The van der Waals surface area contributed by atoms with Crippen LogP contribution in [0.15, 0.2) is 66.3 Å². The van der Waals surface area contributed by atoms with Gasteiger partial charge in [-0.2, -0.15) is 0 Å². The van der Waals surface area contributed by atoms with Crippen LogP contribution < -0.4 is 10.6 Å². The molecule has 0 saturated heterocycles. The van der Waals surface area contributed by atoms with Crippen molar-refractivity contribution in [2.24, 2.45) is 0 Å². The molecule has 26 heavy (non-hydrogen) atoms. The van der Waals surface area contributed by atoms with E-state index >= 15 is 0 Å². The summed E-state index contributed by atoms with van der Waals surface area (Å²) in [6.45, 7) is 0. The van der Waals surface area contributed by atoms with E-state index in [1.54, 1.807) is 54.9 Å². The van der Waals surface area contributed by atoms with Crippen molar-refractivity contribution in [2.45, 2.75) is 0 Å². The van der Waals surface area contributed by atoms with Crippen molar-refractivity contribution in [2.75, 3.05) is 10.6 Å². The maximum atomic E-state index is 12.5. The first-order chi connectivity index (χ1) is 12.7. The summed E-state index contributed by atoms with van der Waals surface area (Å²) in [5, 5.41) is 7.52. The topological polar surface area (TPSA) is 86.9 Å². The number of rotatable bonds is 4. The molecule has 2 aromatic heterocycles. The highest BCUT2D eigenvalue weighted by Crippen LogP contribution is 2.19. The number of fused-ring (bicyclic) bond motifs is 1. The summed E-state index contributed by atoms with van der Waals surface area (Å²) in [5.41, 5.74) is 3.35. The van der Waals surface area contributed by atoms with E-state index in [1.165, 1.54) is 11.3 Å². The number of hydrogen-bond donors (Lipinski definition) is 3. The average molecular weight is 362 g/mol. The van der Waals surface area contributed by atoms with Crippen LogP contribution in [0, 0.1) is 0 Å². The van der Waals surface area contributed by atoms with E-state index in [0.717, 1.165) is 11.0 Å². The van der Waals surface area contributed by atoms with Crippen molar-refractivity contribution < 1.29 is 9.59 Å². The molecular weight excluding hydrogens is 348 g/mol. The number of amides is 2. The zero-order valence-corrected chi connectivity index (χ0v) is 14.3. The van der Waals surface area contributed by atoms with Gasteiger partial charge >= 0.3 is 0 Å². The van der Waals surface area contributed by atoms with Crippen LogP contribution in [0.25, 0.3) is 11.0 Å². The Labute approximate surface area is 152 Å². The van der Waals surface area contributed by atoms with Crippen LogP contribution in [0.2, 0.25) is 0 Å². The molecule has 0 radical (unpaired) electrons. The van der Waals surface area contributed by atoms with Crippen LogP contribution in [-0.2, 0) is 0 Å². The monoisotopic (exact) mass is 362 g/mol. The molecule has 0 saturated carbocycles. The van der Waals surface area contributed by atoms with E-state index in [1.807, 2.05) is 11.4 Å². The van der Waals surface area contributed by atoms with E-state index in [9.17, 15) is 9.59 Å². The van der Waals surface area contributed by atoms with Crippen LogP contribution in [0.5, 0.6) is 0 Å². The minimum atomic E-state index is -0.233. The molecule has 0 atom stereocenters. The van der Waals surface area contributed by atoms with Gasteiger partial charge < -0.3 is 15.6 Å². The fourth-order valence-electron chi connectivity index (χ4n) is 2.56. The third-order valence-electron chi connectivity index (χ3n) is 3.81. The van der Waals surface area contributed by atoms with Crippen molar-refractivity contribution in [3.63, 3.8) is 0 Å². The number of nitrogens with one attached hydrogen (secondary N) is 3. The molecule has 7 heteroatoms. The smallest absolute Gasteiger partial charge is 0.265 e. The molecule has 2 heterocycles. The number of carbonyl (C=O) groups excluding carboxylic acids is 2. The molecule has 2 aromatic carbocycles. The molecule has 0 aliphatic rings. The quantitative estimate of drug-likeness (QED) is 0.510. The van der Waals surface area contributed by atoms with E-state index in [2.05, 4.69) is 20.6 Å². The van der Waals surface area contributed by atoms with Gasteiger partial charge in [0.05, 0.1) is 22.2 Å². The molecule has 6 nitrogen and oxygen atoms in total. The molecule has 0 aliphatic heterocycles. The second-order valence-corrected chi connectivity index (χ2v) is 6.55. The highest BCUT2D eigenvalue weighted by molar-refractivity contribution is 7.12. The van der Waals surface area contributed by atoms with Gasteiger partial charge in [-0.05, 0) is 47.8 Å². The number of anilines is 2. The fourth-order valence-corrected chi connectivity index (χ4v) is 3.17. The lowest BCUT2D eigenvalue weighted by Crippen LogP contribution is -2.13. The third kappa shape index (κ3) is 3.33. The number of benzene rings is 2. The standard InChI is InChI=1S/C19H14N4O2S/c24-18(12-6-7-15-16(9-12)21-11-20-15)22-13-3-1-4-14(10-13)23-19(25)17-5-2-8-26-17/h1-11H,(H,20,21)(H,22,24)(H,23,25). The zero-order chi connectivity index (χ0) is 17.9. The molecule has 0 spiro atoms. The maximum Gasteiger partial charge on any atom is 0.265 e. The number of aromatic nitrogens is 2. The Morgan fingerprint density at radius 3 is 2.50 bits per heavy atom. The Morgan fingerprint density at radius 1 is 0.923 bits per heavy atom. The van der Waals surface area contributed by atoms with Gasteiger partial charge in [-0.1, -0.05) is 12.1 Å². The van der Waals surface area contributed by atoms with Gasteiger partial charge in [0, 0.05) is 16.9 Å². The highest BCUT2D eigenvalue weighted by Gasteiger charge is 2.10. The van der Waals surface area contributed by atoms with Crippen LogP contribution in [0.3, 0.4) is 0 Å². The Kier molecular flexibility index (Phi) is 4.20. The minimum absolute atomic E-state index is 0.173. The van der Waals surface area contributed by atoms with E-state index in [4.69, 9.17) is 0 Å². The predicted octanol–water partition coefficient (Wildman–Crippen LogP) is 4.13. The molecule has 0 unspecified atom stereocenters. The van der Waals surface area contributed by atoms with Crippen molar-refractivity contribution in [3.8, 4) is 0 Å². The first-order valence-electron chi connectivity index (χ1n) is 7.88. The number of H-pyrrole nitrogens is 1. The number of carbonyl (C=O) groups is 2. The number of nitrogens with zero attached hydrogens (tertiary/aromatic N) is 1. The Balaban J connectivity index is 1.49. The lowest BCUT2D eigenvalue weighted by molar-refractivity contribution is 0.102. The lowest BCUT2D eigenvalue weighted by Gasteiger charge is -2.08. The van der Waals surface area contributed by atoms with Crippen LogP contribution >= 0.6 is 11.3 Å². The molecule has 4 aromatic rings. The summed E-state index contributed by atoms with van der Waals surface area (Å²) in [6, 6.07) is 15.9. The Morgan fingerprint density at radius 2 is 1.73 bits per heavy atom. The number of aromatic amines is 1. The van der Waals surface area contributed by atoms with Crippen molar-refractivity contribution >= 4 is 45.6 Å². The molecule has 2 amide bonds. The van der Waals surface area contributed by atoms with Gasteiger partial charge in [-0.3, -0.25) is 9.59 Å². The van der Waals surface area contributed by atoms with Crippen molar-refractivity contribution in [1.29, 1.82) is 0 Å². The molecule has 3 N–H and O–H groups in total. The first-order valence-corrected chi connectivity index (χ1v) is 8.76. The van der Waals surface area contributed by atoms with Gasteiger partial charge in [0.25, 0.3) is 11.8 Å². The SMILES string of the molecule is O=C(Nc1cccc(NC(=O)c2cccs2)c1)c1ccc2nc[nH]c2c1. The Hall–Kier alpha value is -3.45. The maximum absolute atomic E-state index is 12.5. The average Bonchev–Trinajstić information content (AvgIpc) is 3.33. The van der Waals surface area contributed by atoms with Crippen LogP contribution in [-0.4, -0.2) is 21.8 Å². The van der Waals surface area contributed by atoms with Crippen molar-refractivity contribution in [3.05, 3.63) is 76.7 Å². The minimum Gasteiger partial charge on any atom is -0.345 e.